The van der Waals surface area contributed by atoms with Crippen LogP contribution >= 0.6 is 15.9 Å². The van der Waals surface area contributed by atoms with Crippen LogP contribution in [0.2, 0.25) is 0 Å². The largest absolute Gasteiger partial charge is 0.466 e. The third-order valence-electron chi connectivity index (χ3n) is 3.54. The summed E-state index contributed by atoms with van der Waals surface area (Å²) >= 11 is 3.45. The SMILES string of the molecule is C=C(CCCNC(=O)c1cccnc1)c1ccc(Br)c(OCOC)c1. The van der Waals surface area contributed by atoms with Gasteiger partial charge in [-0.25, -0.2) is 0 Å². The second-order valence-electron chi connectivity index (χ2n) is 5.40. The van der Waals surface area contributed by atoms with Crippen LogP contribution in [-0.2, 0) is 4.74 Å². The predicted octanol–water partition coefficient (Wildman–Crippen LogP) is 4.05. The molecule has 1 N–H and O–H groups in total. The van der Waals surface area contributed by atoms with Crippen LogP contribution in [0.25, 0.3) is 5.57 Å². The first-order valence-electron chi connectivity index (χ1n) is 7.89. The number of rotatable bonds is 9. The van der Waals surface area contributed by atoms with E-state index in [0.29, 0.717) is 17.9 Å². The molecule has 0 aliphatic rings. The highest BCUT2D eigenvalue weighted by molar-refractivity contribution is 9.10. The van der Waals surface area contributed by atoms with Crippen molar-refractivity contribution in [2.75, 3.05) is 20.4 Å². The van der Waals surface area contributed by atoms with E-state index in [-0.39, 0.29) is 12.7 Å². The van der Waals surface area contributed by atoms with Crippen LogP contribution in [-0.4, -0.2) is 31.3 Å². The first-order valence-corrected chi connectivity index (χ1v) is 8.68. The number of nitrogens with one attached hydrogen (secondary N) is 1. The summed E-state index contributed by atoms with van der Waals surface area (Å²) in [5.41, 5.74) is 2.56. The number of carbonyl (C=O) groups is 1. The van der Waals surface area contributed by atoms with E-state index in [0.717, 1.165) is 28.5 Å². The van der Waals surface area contributed by atoms with Gasteiger partial charge in [0.2, 0.25) is 0 Å². The van der Waals surface area contributed by atoms with E-state index < -0.39 is 0 Å². The zero-order chi connectivity index (χ0) is 18.1. The predicted molar refractivity (Wildman–Crippen MR) is 101 cm³/mol. The number of hydrogen-bond acceptors (Lipinski definition) is 4. The average molecular weight is 405 g/mol. The Hall–Kier alpha value is -2.18. The molecule has 132 valence electrons. The number of halogens is 1. The molecule has 0 fully saturated rings. The summed E-state index contributed by atoms with van der Waals surface area (Å²) in [5.74, 6) is 0.600. The third-order valence-corrected chi connectivity index (χ3v) is 4.19. The molecule has 0 aliphatic carbocycles. The highest BCUT2D eigenvalue weighted by Crippen LogP contribution is 2.29. The van der Waals surface area contributed by atoms with Crippen LogP contribution in [0.4, 0.5) is 0 Å². The number of aromatic nitrogens is 1. The zero-order valence-corrected chi connectivity index (χ0v) is 15.7. The lowest BCUT2D eigenvalue weighted by Crippen LogP contribution is -2.24. The summed E-state index contributed by atoms with van der Waals surface area (Å²) in [7, 11) is 1.58. The normalized spacial score (nSPS) is 10.3. The number of methoxy groups -OCH3 is 1. The van der Waals surface area contributed by atoms with E-state index >= 15 is 0 Å². The van der Waals surface area contributed by atoms with Gasteiger partial charge in [-0.05, 0) is 64.2 Å². The highest BCUT2D eigenvalue weighted by atomic mass is 79.9. The molecule has 6 heteroatoms. The first kappa shape index (κ1) is 19.1. The molecule has 0 saturated carbocycles. The molecule has 2 aromatic rings. The average Bonchev–Trinajstić information content (AvgIpc) is 2.65. The Labute approximate surface area is 156 Å². The Morgan fingerprint density at radius 2 is 2.16 bits per heavy atom. The van der Waals surface area contributed by atoms with Crippen molar-refractivity contribution in [1.29, 1.82) is 0 Å². The fourth-order valence-corrected chi connectivity index (χ4v) is 2.56. The van der Waals surface area contributed by atoms with Gasteiger partial charge in [0.25, 0.3) is 5.91 Å². The van der Waals surface area contributed by atoms with Gasteiger partial charge in [0.1, 0.15) is 5.75 Å². The van der Waals surface area contributed by atoms with Gasteiger partial charge < -0.3 is 14.8 Å². The summed E-state index contributed by atoms with van der Waals surface area (Å²) in [6, 6.07) is 9.33. The summed E-state index contributed by atoms with van der Waals surface area (Å²) in [6.45, 7) is 4.90. The maximum Gasteiger partial charge on any atom is 0.252 e. The van der Waals surface area contributed by atoms with Crippen molar-refractivity contribution in [3.8, 4) is 5.75 Å². The fourth-order valence-electron chi connectivity index (χ4n) is 2.20. The second-order valence-corrected chi connectivity index (χ2v) is 6.26. The molecule has 1 aromatic carbocycles. The molecular weight excluding hydrogens is 384 g/mol. The molecule has 5 nitrogen and oxygen atoms in total. The van der Waals surface area contributed by atoms with E-state index in [9.17, 15) is 4.79 Å². The molecule has 0 atom stereocenters. The van der Waals surface area contributed by atoms with Crippen molar-refractivity contribution in [1.82, 2.24) is 10.3 Å². The maximum absolute atomic E-state index is 11.9. The molecule has 2 rings (SSSR count). The van der Waals surface area contributed by atoms with Crippen LogP contribution in [0.3, 0.4) is 0 Å². The lowest BCUT2D eigenvalue weighted by molar-refractivity contribution is 0.0506. The molecular formula is C19H21BrN2O3. The minimum Gasteiger partial charge on any atom is -0.466 e. The van der Waals surface area contributed by atoms with Crippen LogP contribution in [0.5, 0.6) is 5.75 Å². The highest BCUT2D eigenvalue weighted by Gasteiger charge is 2.07. The van der Waals surface area contributed by atoms with Gasteiger partial charge in [-0.2, -0.15) is 0 Å². The van der Waals surface area contributed by atoms with E-state index in [1.807, 2.05) is 18.2 Å². The Morgan fingerprint density at radius 3 is 2.88 bits per heavy atom. The van der Waals surface area contributed by atoms with Crippen LogP contribution in [0.1, 0.15) is 28.8 Å². The number of nitrogens with zero attached hydrogens (tertiary/aromatic N) is 1. The second kappa shape index (κ2) is 9.96. The van der Waals surface area contributed by atoms with Gasteiger partial charge in [0.15, 0.2) is 6.79 Å². The number of hydrogen-bond donors (Lipinski definition) is 1. The molecule has 0 saturated heterocycles. The minimum absolute atomic E-state index is 0.113. The van der Waals surface area contributed by atoms with Gasteiger partial charge in [-0.1, -0.05) is 12.6 Å². The van der Waals surface area contributed by atoms with Gasteiger partial charge in [-0.3, -0.25) is 9.78 Å². The van der Waals surface area contributed by atoms with E-state index in [2.05, 4.69) is 32.8 Å². The van der Waals surface area contributed by atoms with Crippen molar-refractivity contribution in [3.63, 3.8) is 0 Å². The van der Waals surface area contributed by atoms with Gasteiger partial charge in [0, 0.05) is 26.0 Å². The smallest absolute Gasteiger partial charge is 0.252 e. The number of amides is 1. The molecule has 1 heterocycles. The van der Waals surface area contributed by atoms with Crippen LogP contribution < -0.4 is 10.1 Å². The topological polar surface area (TPSA) is 60.5 Å². The summed E-state index contributed by atoms with van der Waals surface area (Å²) < 4.78 is 11.3. The standard InChI is InChI=1S/C19H21BrN2O3/c1-14(15-7-8-17(20)18(11-15)25-13-24-2)5-3-10-22-19(23)16-6-4-9-21-12-16/h4,6-9,11-12H,1,3,5,10,13H2,2H3,(H,22,23). The number of ether oxygens (including phenoxy) is 2. The Bertz CT molecular complexity index is 720. The van der Waals surface area contributed by atoms with Crippen LogP contribution in [0, 0.1) is 0 Å². The van der Waals surface area contributed by atoms with Crippen LogP contribution in [0.15, 0.2) is 53.8 Å². The lowest BCUT2D eigenvalue weighted by atomic mass is 10.0. The molecule has 0 aliphatic heterocycles. The molecule has 0 bridgehead atoms. The number of pyridine rings is 1. The Morgan fingerprint density at radius 1 is 1.32 bits per heavy atom. The van der Waals surface area contributed by atoms with Crippen molar-refractivity contribution in [3.05, 3.63) is 64.9 Å². The molecule has 1 aromatic heterocycles. The van der Waals surface area contributed by atoms with E-state index in [1.165, 1.54) is 0 Å². The van der Waals surface area contributed by atoms with Crippen molar-refractivity contribution < 1.29 is 14.3 Å². The number of carbonyl (C=O) groups excluding carboxylic acids is 1. The van der Waals surface area contributed by atoms with Crippen molar-refractivity contribution in [2.24, 2.45) is 0 Å². The minimum atomic E-state index is -0.113. The van der Waals surface area contributed by atoms with Crippen molar-refractivity contribution in [2.45, 2.75) is 12.8 Å². The molecule has 1 amide bonds. The van der Waals surface area contributed by atoms with Gasteiger partial charge in [-0.15, -0.1) is 0 Å². The van der Waals surface area contributed by atoms with E-state index in [1.54, 1.807) is 31.6 Å². The summed E-state index contributed by atoms with van der Waals surface area (Å²) in [4.78, 5) is 15.9. The maximum atomic E-state index is 11.9. The van der Waals surface area contributed by atoms with Gasteiger partial charge >= 0.3 is 0 Å². The zero-order valence-electron chi connectivity index (χ0n) is 14.1. The first-order chi connectivity index (χ1) is 12.1. The molecule has 0 unspecified atom stereocenters. The Balaban J connectivity index is 1.81. The lowest BCUT2D eigenvalue weighted by Gasteiger charge is -2.11. The number of allylic oxidation sites excluding steroid dienone is 1. The number of benzene rings is 1. The fraction of sp³-hybridized carbons (Fsp3) is 0.263. The summed E-state index contributed by atoms with van der Waals surface area (Å²) in [6.07, 6.45) is 4.77. The van der Waals surface area contributed by atoms with Gasteiger partial charge in [0.05, 0.1) is 10.0 Å². The van der Waals surface area contributed by atoms with Crippen molar-refractivity contribution >= 4 is 27.4 Å². The third kappa shape index (κ3) is 5.99. The summed E-state index contributed by atoms with van der Waals surface area (Å²) in [5, 5.41) is 2.89. The Kier molecular flexibility index (Phi) is 7.63. The molecule has 0 spiro atoms. The molecule has 0 radical (unpaired) electrons. The quantitative estimate of drug-likeness (QED) is 0.505. The molecule has 25 heavy (non-hydrogen) atoms. The monoisotopic (exact) mass is 404 g/mol. The van der Waals surface area contributed by atoms with E-state index in [4.69, 9.17) is 9.47 Å².